The highest BCUT2D eigenvalue weighted by atomic mass is 15.0. The van der Waals surface area contributed by atoms with Crippen molar-refractivity contribution in [3.05, 3.63) is 76.9 Å². The van der Waals surface area contributed by atoms with E-state index in [2.05, 4.69) is 149 Å². The van der Waals surface area contributed by atoms with Crippen molar-refractivity contribution in [3.8, 4) is 0 Å². The molecule has 2 aromatic carbocycles. The van der Waals surface area contributed by atoms with E-state index in [9.17, 15) is 0 Å². The second-order valence-electron chi connectivity index (χ2n) is 16.2. The van der Waals surface area contributed by atoms with Crippen LogP contribution in [-0.2, 0) is 10.8 Å². The van der Waals surface area contributed by atoms with Gasteiger partial charge in [0.1, 0.15) is 0 Å². The summed E-state index contributed by atoms with van der Waals surface area (Å²) in [6, 6.07) is 14.4. The van der Waals surface area contributed by atoms with E-state index in [-0.39, 0.29) is 16.2 Å². The van der Waals surface area contributed by atoms with Gasteiger partial charge in [0.25, 0.3) is 0 Å². The van der Waals surface area contributed by atoms with Gasteiger partial charge in [0.05, 0.1) is 16.7 Å². The Hall–Kier alpha value is -2.54. The van der Waals surface area contributed by atoms with Crippen LogP contribution in [0.4, 0.5) is 0 Å². The van der Waals surface area contributed by atoms with Crippen molar-refractivity contribution in [1.29, 1.82) is 0 Å². The Morgan fingerprint density at radius 1 is 0.700 bits per heavy atom. The highest BCUT2D eigenvalue weighted by molar-refractivity contribution is 6.11. The summed E-state index contributed by atoms with van der Waals surface area (Å²) in [5.41, 5.74) is 10.3. The van der Waals surface area contributed by atoms with Gasteiger partial charge in [-0.05, 0) is 81.2 Å². The first-order valence-electron chi connectivity index (χ1n) is 15.6. The van der Waals surface area contributed by atoms with Crippen LogP contribution in [0.1, 0.15) is 114 Å². The molecule has 0 N–H and O–H groups in total. The van der Waals surface area contributed by atoms with Crippen LogP contribution < -0.4 is 0 Å². The molecule has 0 fully saturated rings. The molecule has 1 unspecified atom stereocenters. The lowest BCUT2D eigenvalue weighted by Gasteiger charge is -2.38. The average molecular weight is 538 g/mol. The van der Waals surface area contributed by atoms with Crippen molar-refractivity contribution in [1.82, 2.24) is 4.57 Å². The molecule has 1 heterocycles. The topological polar surface area (TPSA) is 4.93 Å². The zero-order valence-electron chi connectivity index (χ0n) is 27.8. The zero-order chi connectivity index (χ0) is 29.8. The van der Waals surface area contributed by atoms with Crippen molar-refractivity contribution >= 4 is 27.5 Å². The average Bonchev–Trinajstić information content (AvgIpc) is 3.13. The molecule has 216 valence electrons. The first kappa shape index (κ1) is 30.4. The minimum absolute atomic E-state index is 0.0846. The van der Waals surface area contributed by atoms with Crippen LogP contribution in [0.25, 0.3) is 27.5 Å². The van der Waals surface area contributed by atoms with Crippen LogP contribution in [0.5, 0.6) is 0 Å². The summed E-state index contributed by atoms with van der Waals surface area (Å²) in [7, 11) is 0. The van der Waals surface area contributed by atoms with Crippen LogP contribution >= 0.6 is 0 Å². The van der Waals surface area contributed by atoms with Gasteiger partial charge in [-0.2, -0.15) is 0 Å². The molecule has 0 saturated carbocycles. The fourth-order valence-electron chi connectivity index (χ4n) is 6.10. The Morgan fingerprint density at radius 3 is 1.60 bits per heavy atom. The van der Waals surface area contributed by atoms with Crippen LogP contribution in [0.3, 0.4) is 0 Å². The molecule has 1 aliphatic carbocycles. The first-order valence-corrected chi connectivity index (χ1v) is 15.6. The molecule has 4 rings (SSSR count). The summed E-state index contributed by atoms with van der Waals surface area (Å²) < 4.78 is 2.66. The molecule has 1 aromatic heterocycles. The van der Waals surface area contributed by atoms with Gasteiger partial charge in [-0.1, -0.05) is 133 Å². The SMILES string of the molecule is CC(C)/C=C/C1=C(n2c3cc(C(C)(C)C)ccc3c3ccc(C(C)(C)C)cc32)C(=C/C(C)C)/CC(C(C)(C)C)C1. The van der Waals surface area contributed by atoms with Crippen molar-refractivity contribution < 1.29 is 0 Å². The van der Waals surface area contributed by atoms with E-state index in [0.717, 1.165) is 12.8 Å². The number of allylic oxidation sites excluding steroid dienone is 6. The number of aromatic nitrogens is 1. The third kappa shape index (κ3) is 6.19. The van der Waals surface area contributed by atoms with Gasteiger partial charge in [-0.25, -0.2) is 0 Å². The molecule has 1 heteroatoms. The largest absolute Gasteiger partial charge is 0.309 e. The molecule has 1 atom stereocenters. The summed E-state index contributed by atoms with van der Waals surface area (Å²) in [4.78, 5) is 0. The quantitative estimate of drug-likeness (QED) is 0.312. The summed E-state index contributed by atoms with van der Waals surface area (Å²) >= 11 is 0. The second-order valence-corrected chi connectivity index (χ2v) is 16.2. The molecule has 40 heavy (non-hydrogen) atoms. The van der Waals surface area contributed by atoms with E-state index in [1.54, 1.807) is 0 Å². The van der Waals surface area contributed by atoms with E-state index in [1.165, 1.54) is 49.8 Å². The van der Waals surface area contributed by atoms with Crippen molar-refractivity contribution in [2.45, 2.75) is 114 Å². The van der Waals surface area contributed by atoms with Gasteiger partial charge in [-0.15, -0.1) is 0 Å². The van der Waals surface area contributed by atoms with Gasteiger partial charge >= 0.3 is 0 Å². The Labute approximate surface area is 245 Å². The predicted molar refractivity (Wildman–Crippen MR) is 179 cm³/mol. The normalized spacial score (nSPS) is 19.0. The number of hydrogen-bond acceptors (Lipinski definition) is 0. The van der Waals surface area contributed by atoms with E-state index in [0.29, 0.717) is 17.8 Å². The third-order valence-corrected chi connectivity index (χ3v) is 8.71. The Morgan fingerprint density at radius 2 is 1.20 bits per heavy atom. The molecule has 0 spiro atoms. The number of rotatable bonds is 4. The Kier molecular flexibility index (Phi) is 8.14. The standard InChI is InChI=1S/C39H55N/c1-25(2)14-15-27-21-31(39(11,12)13)22-28(20-26(3)4)36(27)40-34-23-29(37(5,6)7)16-18-32(34)33-19-17-30(24-35(33)40)38(8,9)10/h14-20,23-26,31H,21-22H2,1-13H3/b15-14+,28-20+. The van der Waals surface area contributed by atoms with Crippen LogP contribution in [0.2, 0.25) is 0 Å². The first-order chi connectivity index (χ1) is 18.4. The molecule has 0 saturated heterocycles. The fraction of sp³-hybridized carbons (Fsp3) is 0.538. The lowest BCUT2D eigenvalue weighted by atomic mass is 9.69. The number of nitrogens with zero attached hydrogens (tertiary/aromatic N) is 1. The number of fused-ring (bicyclic) bond motifs is 3. The van der Waals surface area contributed by atoms with E-state index in [1.807, 2.05) is 0 Å². The Bertz CT molecular complexity index is 1400. The molecular formula is C39H55N. The van der Waals surface area contributed by atoms with Crippen LogP contribution in [-0.4, -0.2) is 4.57 Å². The van der Waals surface area contributed by atoms with Gasteiger partial charge in [0.15, 0.2) is 0 Å². The minimum Gasteiger partial charge on any atom is -0.309 e. The lowest BCUT2D eigenvalue weighted by Crippen LogP contribution is -2.26. The van der Waals surface area contributed by atoms with Crippen molar-refractivity contribution in [2.24, 2.45) is 23.2 Å². The maximum absolute atomic E-state index is 2.66. The van der Waals surface area contributed by atoms with Gasteiger partial charge < -0.3 is 4.57 Å². The van der Waals surface area contributed by atoms with Crippen molar-refractivity contribution in [2.75, 3.05) is 0 Å². The maximum atomic E-state index is 2.66. The minimum atomic E-state index is 0.0846. The Balaban J connectivity index is 2.21. The molecule has 1 nitrogen and oxygen atoms in total. The summed E-state index contributed by atoms with van der Waals surface area (Å²) in [5.74, 6) is 1.61. The summed E-state index contributed by atoms with van der Waals surface area (Å²) in [5, 5.41) is 2.70. The molecule has 0 amide bonds. The third-order valence-electron chi connectivity index (χ3n) is 8.71. The molecule has 0 radical (unpaired) electrons. The molecular weight excluding hydrogens is 482 g/mol. The van der Waals surface area contributed by atoms with E-state index >= 15 is 0 Å². The lowest BCUT2D eigenvalue weighted by molar-refractivity contribution is 0.234. The van der Waals surface area contributed by atoms with Crippen LogP contribution in [0, 0.1) is 23.2 Å². The van der Waals surface area contributed by atoms with E-state index in [4.69, 9.17) is 0 Å². The predicted octanol–water partition coefficient (Wildman–Crippen LogP) is 11.9. The molecule has 1 aliphatic rings. The number of benzene rings is 2. The number of hydrogen-bond donors (Lipinski definition) is 0. The second kappa shape index (κ2) is 10.7. The van der Waals surface area contributed by atoms with Gasteiger partial charge in [0.2, 0.25) is 0 Å². The highest BCUT2D eigenvalue weighted by Crippen LogP contribution is 2.48. The summed E-state index contributed by atoms with van der Waals surface area (Å²) in [6.07, 6.45) is 9.65. The molecule has 0 aliphatic heterocycles. The fourth-order valence-corrected chi connectivity index (χ4v) is 6.10. The smallest absolute Gasteiger partial charge is 0.0544 e. The van der Waals surface area contributed by atoms with E-state index < -0.39 is 0 Å². The maximum Gasteiger partial charge on any atom is 0.0544 e. The monoisotopic (exact) mass is 537 g/mol. The van der Waals surface area contributed by atoms with Gasteiger partial charge in [0, 0.05) is 10.8 Å². The zero-order valence-corrected chi connectivity index (χ0v) is 27.8. The summed E-state index contributed by atoms with van der Waals surface area (Å²) in [6.45, 7) is 30.5. The molecule has 3 aromatic rings. The van der Waals surface area contributed by atoms with Gasteiger partial charge in [-0.3, -0.25) is 0 Å². The van der Waals surface area contributed by atoms with Crippen LogP contribution in [0.15, 0.2) is 65.8 Å². The highest BCUT2D eigenvalue weighted by Gasteiger charge is 2.34. The van der Waals surface area contributed by atoms with Crippen molar-refractivity contribution in [3.63, 3.8) is 0 Å². The molecule has 0 bridgehead atoms.